The predicted octanol–water partition coefficient (Wildman–Crippen LogP) is 3.49. The quantitative estimate of drug-likeness (QED) is 0.493. The van der Waals surface area contributed by atoms with Gasteiger partial charge in [0.2, 0.25) is 16.7 Å². The van der Waals surface area contributed by atoms with Gasteiger partial charge in [-0.15, -0.1) is 5.10 Å². The highest BCUT2D eigenvalue weighted by Gasteiger charge is 2.32. The van der Waals surface area contributed by atoms with Gasteiger partial charge in [-0.1, -0.05) is 30.4 Å². The average Bonchev–Trinajstić information content (AvgIpc) is 3.54. The molecule has 0 saturated carbocycles. The van der Waals surface area contributed by atoms with E-state index in [1.54, 1.807) is 19.4 Å². The highest BCUT2D eigenvalue weighted by Crippen LogP contribution is 2.41. The predicted molar refractivity (Wildman–Crippen MR) is 119 cm³/mol. The number of rotatable bonds is 6. The van der Waals surface area contributed by atoms with Crippen LogP contribution in [0.1, 0.15) is 23.4 Å². The molecule has 4 aromatic rings. The van der Waals surface area contributed by atoms with Gasteiger partial charge in [-0.2, -0.15) is 9.50 Å². The zero-order chi connectivity index (χ0) is 21.4. The van der Waals surface area contributed by atoms with E-state index < -0.39 is 0 Å². The van der Waals surface area contributed by atoms with Gasteiger partial charge in [0, 0.05) is 26.2 Å². The summed E-state index contributed by atoms with van der Waals surface area (Å²) in [6, 6.07) is 11.6. The Bertz CT molecular complexity index is 1160. The van der Waals surface area contributed by atoms with Crippen molar-refractivity contribution >= 4 is 16.3 Å². The summed E-state index contributed by atoms with van der Waals surface area (Å²) in [6.07, 6.45) is 1.59. The van der Waals surface area contributed by atoms with Crippen LogP contribution < -0.4 is 4.74 Å². The molecule has 31 heavy (non-hydrogen) atoms. The van der Waals surface area contributed by atoms with Gasteiger partial charge in [0.15, 0.2) is 5.76 Å². The van der Waals surface area contributed by atoms with E-state index >= 15 is 0 Å². The van der Waals surface area contributed by atoms with Crippen molar-refractivity contribution in [2.24, 2.45) is 0 Å². The maximum atomic E-state index is 11.2. The lowest BCUT2D eigenvalue weighted by atomic mass is 10.0. The number of aromatic hydroxyl groups is 1. The molecule has 1 atom stereocenters. The van der Waals surface area contributed by atoms with Crippen molar-refractivity contribution in [3.05, 3.63) is 53.1 Å². The molecule has 1 aromatic carbocycles. The van der Waals surface area contributed by atoms with E-state index in [-0.39, 0.29) is 11.9 Å². The summed E-state index contributed by atoms with van der Waals surface area (Å²) in [5, 5.41) is 15.6. The molecule has 0 amide bonds. The first-order chi connectivity index (χ1) is 15.2. The molecule has 1 aliphatic rings. The number of hydrogen-bond donors (Lipinski definition) is 1. The van der Waals surface area contributed by atoms with Gasteiger partial charge in [-0.25, -0.2) is 0 Å². The number of hydrogen-bond acceptors (Lipinski definition) is 8. The van der Waals surface area contributed by atoms with Crippen LogP contribution in [0.15, 0.2) is 47.1 Å². The van der Waals surface area contributed by atoms with Crippen LogP contribution in [0, 0.1) is 0 Å². The molecule has 0 spiro atoms. The number of aromatic nitrogens is 3. The van der Waals surface area contributed by atoms with Crippen molar-refractivity contribution in [2.75, 3.05) is 39.8 Å². The summed E-state index contributed by atoms with van der Waals surface area (Å²) in [6.45, 7) is 7.08. The maximum absolute atomic E-state index is 11.2. The van der Waals surface area contributed by atoms with Crippen LogP contribution in [-0.2, 0) is 0 Å². The third-order valence-electron chi connectivity index (χ3n) is 5.82. The zero-order valence-corrected chi connectivity index (χ0v) is 18.4. The molecule has 1 unspecified atom stereocenters. The Morgan fingerprint density at radius 3 is 2.71 bits per heavy atom. The van der Waals surface area contributed by atoms with Crippen LogP contribution in [0.4, 0.5) is 0 Å². The van der Waals surface area contributed by atoms with E-state index in [1.165, 1.54) is 15.9 Å². The van der Waals surface area contributed by atoms with Gasteiger partial charge in [0.1, 0.15) is 5.75 Å². The van der Waals surface area contributed by atoms with Gasteiger partial charge in [0.05, 0.1) is 24.3 Å². The summed E-state index contributed by atoms with van der Waals surface area (Å²) in [4.78, 5) is 10.9. The fourth-order valence-electron chi connectivity index (χ4n) is 4.12. The van der Waals surface area contributed by atoms with Crippen LogP contribution in [0.3, 0.4) is 0 Å². The Balaban J connectivity index is 1.56. The molecule has 162 valence electrons. The molecule has 1 aliphatic heterocycles. The third kappa shape index (κ3) is 3.69. The van der Waals surface area contributed by atoms with E-state index in [2.05, 4.69) is 32.9 Å². The van der Waals surface area contributed by atoms with E-state index in [0.29, 0.717) is 16.5 Å². The molecule has 8 nitrogen and oxygen atoms in total. The average molecular weight is 440 g/mol. The normalized spacial score (nSPS) is 16.7. The zero-order valence-electron chi connectivity index (χ0n) is 17.6. The Morgan fingerprint density at radius 1 is 1.19 bits per heavy atom. The molecule has 0 radical (unpaired) electrons. The third-order valence-corrected chi connectivity index (χ3v) is 6.89. The second-order valence-electron chi connectivity index (χ2n) is 7.55. The molecular formula is C22H25N5O3S. The topological polar surface area (TPSA) is 79.3 Å². The number of methoxy groups -OCH3 is 1. The first kappa shape index (κ1) is 20.0. The van der Waals surface area contributed by atoms with Crippen molar-refractivity contribution in [1.82, 2.24) is 24.4 Å². The number of benzene rings is 1. The van der Waals surface area contributed by atoms with Gasteiger partial charge in [-0.05, 0) is 36.4 Å². The monoisotopic (exact) mass is 439 g/mol. The van der Waals surface area contributed by atoms with E-state index in [9.17, 15) is 5.11 Å². The smallest absolute Gasteiger partial charge is 0.230 e. The van der Waals surface area contributed by atoms with Crippen LogP contribution in [0.5, 0.6) is 11.6 Å². The highest BCUT2D eigenvalue weighted by atomic mass is 32.1. The van der Waals surface area contributed by atoms with E-state index in [4.69, 9.17) is 9.15 Å². The number of nitrogens with zero attached hydrogens (tertiary/aromatic N) is 5. The summed E-state index contributed by atoms with van der Waals surface area (Å²) in [7, 11) is 1.67. The number of piperazine rings is 1. The Morgan fingerprint density at radius 2 is 2.03 bits per heavy atom. The molecule has 4 heterocycles. The molecular weight excluding hydrogens is 414 g/mol. The van der Waals surface area contributed by atoms with Crippen molar-refractivity contribution < 1.29 is 14.3 Å². The van der Waals surface area contributed by atoms with Crippen LogP contribution in [0.25, 0.3) is 16.5 Å². The summed E-state index contributed by atoms with van der Waals surface area (Å²) < 4.78 is 12.4. The molecule has 1 N–H and O–H groups in total. The van der Waals surface area contributed by atoms with Crippen molar-refractivity contribution in [2.45, 2.75) is 13.0 Å². The highest BCUT2D eigenvalue weighted by molar-refractivity contribution is 7.17. The molecule has 9 heteroatoms. The lowest BCUT2D eigenvalue weighted by Gasteiger charge is -2.38. The number of furan rings is 1. The lowest BCUT2D eigenvalue weighted by molar-refractivity contribution is 0.113. The summed E-state index contributed by atoms with van der Waals surface area (Å²) >= 11 is 1.46. The minimum absolute atomic E-state index is 0.102. The first-order valence-corrected chi connectivity index (χ1v) is 11.2. The van der Waals surface area contributed by atoms with E-state index in [1.807, 2.05) is 24.3 Å². The van der Waals surface area contributed by atoms with Crippen molar-refractivity contribution in [3.63, 3.8) is 0 Å². The molecule has 0 aliphatic carbocycles. The molecule has 0 bridgehead atoms. The standard InChI is InChI=1S/C22H25N5O3S/c1-3-25-9-11-26(12-10-25)18(15-6-4-7-16(14-15)29-2)19-21(28)27-22(31-19)23-20(24-27)17-8-5-13-30-17/h4-8,13-14,18,28H,3,9-12H2,1-2H3. The number of ether oxygens (including phenoxy) is 1. The fraction of sp³-hybridized carbons (Fsp3) is 0.364. The fourth-order valence-corrected chi connectivity index (χ4v) is 5.23. The van der Waals surface area contributed by atoms with Crippen LogP contribution in [-0.4, -0.2) is 69.3 Å². The number of fused-ring (bicyclic) bond motifs is 1. The maximum Gasteiger partial charge on any atom is 0.230 e. The number of likely N-dealkylation sites (N-methyl/N-ethyl adjacent to an activating group) is 1. The molecule has 1 fully saturated rings. The largest absolute Gasteiger partial charge is 0.497 e. The molecule has 3 aromatic heterocycles. The summed E-state index contributed by atoms with van der Waals surface area (Å²) in [5.74, 6) is 1.97. The summed E-state index contributed by atoms with van der Waals surface area (Å²) in [5.41, 5.74) is 1.08. The van der Waals surface area contributed by atoms with Crippen molar-refractivity contribution in [1.29, 1.82) is 0 Å². The van der Waals surface area contributed by atoms with Gasteiger partial charge < -0.3 is 19.2 Å². The second kappa shape index (κ2) is 8.33. The number of thiazole rings is 1. The van der Waals surface area contributed by atoms with Crippen LogP contribution in [0.2, 0.25) is 0 Å². The van der Waals surface area contributed by atoms with Gasteiger partial charge in [0.25, 0.3) is 0 Å². The van der Waals surface area contributed by atoms with Crippen LogP contribution >= 0.6 is 11.3 Å². The molecule has 5 rings (SSSR count). The van der Waals surface area contributed by atoms with Gasteiger partial charge in [-0.3, -0.25) is 4.90 Å². The Hall–Kier alpha value is -2.88. The van der Waals surface area contributed by atoms with Crippen molar-refractivity contribution in [3.8, 4) is 23.2 Å². The Kier molecular flexibility index (Phi) is 5.39. The molecule has 1 saturated heterocycles. The van der Waals surface area contributed by atoms with Gasteiger partial charge >= 0.3 is 0 Å². The lowest BCUT2D eigenvalue weighted by Crippen LogP contribution is -2.47. The SMILES string of the molecule is CCN1CCN(C(c2cccc(OC)c2)c2sc3nc(-c4ccco4)nn3c2O)CC1. The minimum Gasteiger partial charge on any atom is -0.497 e. The second-order valence-corrected chi connectivity index (χ2v) is 8.56. The Labute approximate surface area is 184 Å². The van der Waals surface area contributed by atoms with E-state index in [0.717, 1.165) is 48.9 Å². The first-order valence-electron chi connectivity index (χ1n) is 10.4. The minimum atomic E-state index is -0.102.